The van der Waals surface area contributed by atoms with Gasteiger partial charge in [-0.15, -0.1) is 0 Å². The highest BCUT2D eigenvalue weighted by atomic mass is 35.5. The van der Waals surface area contributed by atoms with Crippen LogP contribution in [0.15, 0.2) is 41.3 Å². The predicted molar refractivity (Wildman–Crippen MR) is 102 cm³/mol. The number of hydrogen-bond donors (Lipinski definition) is 1. The lowest BCUT2D eigenvalue weighted by Gasteiger charge is -2.21. The lowest BCUT2D eigenvalue weighted by atomic mass is 10.3. The fourth-order valence-corrected chi connectivity index (χ4v) is 4.21. The first kappa shape index (κ1) is 21.4. The van der Waals surface area contributed by atoms with E-state index in [0.29, 0.717) is 5.02 Å². The topological polar surface area (TPSA) is 75.7 Å². The molecule has 2 aromatic carbocycles. The molecular weight excluding hydrogens is 418 g/mol. The van der Waals surface area contributed by atoms with Gasteiger partial charge in [0.15, 0.2) is 0 Å². The average molecular weight is 435 g/mol. The van der Waals surface area contributed by atoms with E-state index in [0.717, 1.165) is 16.4 Å². The Labute approximate surface area is 166 Å². The molecule has 1 amide bonds. The third-order valence-corrected chi connectivity index (χ3v) is 6.13. The number of ether oxygens (including phenoxy) is 1. The Morgan fingerprint density at radius 2 is 1.93 bits per heavy atom. The summed E-state index contributed by atoms with van der Waals surface area (Å²) in [5, 5.41) is 3.13. The van der Waals surface area contributed by atoms with Gasteiger partial charge >= 0.3 is 0 Å². The lowest BCUT2D eigenvalue weighted by molar-refractivity contribution is -0.116. The van der Waals surface area contributed by atoms with Crippen LogP contribution in [0.4, 0.5) is 10.1 Å². The van der Waals surface area contributed by atoms with Gasteiger partial charge in [-0.05, 0) is 36.4 Å². The van der Waals surface area contributed by atoms with E-state index in [4.69, 9.17) is 27.9 Å². The molecule has 0 saturated heterocycles. The molecule has 0 aliphatic heterocycles. The third-order valence-electron chi connectivity index (χ3n) is 3.62. The van der Waals surface area contributed by atoms with Crippen LogP contribution in [0.3, 0.4) is 0 Å². The number of benzene rings is 2. The molecule has 146 valence electrons. The molecule has 0 aliphatic rings. The van der Waals surface area contributed by atoms with Crippen LogP contribution in [0.25, 0.3) is 0 Å². The van der Waals surface area contributed by atoms with Gasteiger partial charge in [-0.2, -0.15) is 4.31 Å². The zero-order valence-electron chi connectivity index (χ0n) is 14.5. The predicted octanol–water partition coefficient (Wildman–Crippen LogP) is 3.79. The Bertz CT molecular complexity index is 954. The van der Waals surface area contributed by atoms with Gasteiger partial charge in [-0.1, -0.05) is 30.1 Å². The van der Waals surface area contributed by atoms with E-state index in [1.165, 1.54) is 25.3 Å². The fourth-order valence-electron chi connectivity index (χ4n) is 2.30. The summed E-state index contributed by atoms with van der Waals surface area (Å²) in [7, 11) is -2.90. The van der Waals surface area contributed by atoms with Crippen molar-refractivity contribution in [2.45, 2.75) is 11.8 Å². The van der Waals surface area contributed by atoms with Gasteiger partial charge in [0.25, 0.3) is 0 Å². The SMILES string of the molecule is CCN(CC(=O)Nc1cc(Cl)ccc1Cl)S(=O)(=O)c1cc(F)ccc1OC. The van der Waals surface area contributed by atoms with Crippen molar-refractivity contribution in [2.75, 3.05) is 25.5 Å². The van der Waals surface area contributed by atoms with Crippen molar-refractivity contribution in [3.63, 3.8) is 0 Å². The quantitative estimate of drug-likeness (QED) is 0.718. The maximum atomic E-state index is 13.6. The van der Waals surface area contributed by atoms with E-state index >= 15 is 0 Å². The molecule has 0 saturated carbocycles. The van der Waals surface area contributed by atoms with E-state index in [1.54, 1.807) is 13.0 Å². The smallest absolute Gasteiger partial charge is 0.247 e. The van der Waals surface area contributed by atoms with E-state index < -0.39 is 28.3 Å². The molecule has 0 fully saturated rings. The van der Waals surface area contributed by atoms with Crippen molar-refractivity contribution in [1.82, 2.24) is 4.31 Å². The minimum atomic E-state index is -4.17. The number of nitrogens with one attached hydrogen (secondary N) is 1. The van der Waals surface area contributed by atoms with Crippen LogP contribution >= 0.6 is 23.2 Å². The summed E-state index contributed by atoms with van der Waals surface area (Å²) in [6.45, 7) is 1.04. The van der Waals surface area contributed by atoms with Crippen molar-refractivity contribution < 1.29 is 22.3 Å². The first-order valence-corrected chi connectivity index (χ1v) is 9.97. The summed E-state index contributed by atoms with van der Waals surface area (Å²) in [5.74, 6) is -1.38. The maximum absolute atomic E-state index is 13.6. The van der Waals surface area contributed by atoms with Crippen LogP contribution in [-0.2, 0) is 14.8 Å². The molecule has 0 bridgehead atoms. The van der Waals surface area contributed by atoms with Gasteiger partial charge in [0, 0.05) is 11.6 Å². The average Bonchev–Trinajstić information content (AvgIpc) is 2.62. The van der Waals surface area contributed by atoms with Crippen LogP contribution in [0.1, 0.15) is 6.92 Å². The van der Waals surface area contributed by atoms with Crippen molar-refractivity contribution in [3.8, 4) is 5.75 Å². The number of likely N-dealkylation sites (N-methyl/N-ethyl adjacent to an activating group) is 1. The number of amides is 1. The molecule has 1 N–H and O–H groups in total. The normalized spacial score (nSPS) is 11.5. The Morgan fingerprint density at radius 3 is 2.56 bits per heavy atom. The summed E-state index contributed by atoms with van der Waals surface area (Å²) in [6.07, 6.45) is 0. The number of sulfonamides is 1. The summed E-state index contributed by atoms with van der Waals surface area (Å²) in [4.78, 5) is 12.0. The molecule has 10 heteroatoms. The van der Waals surface area contributed by atoms with Gasteiger partial charge < -0.3 is 10.1 Å². The molecular formula is C17H17Cl2FN2O4S. The maximum Gasteiger partial charge on any atom is 0.247 e. The monoisotopic (exact) mass is 434 g/mol. The Balaban J connectivity index is 2.27. The van der Waals surface area contributed by atoms with Gasteiger partial charge in [-0.3, -0.25) is 4.79 Å². The van der Waals surface area contributed by atoms with Crippen molar-refractivity contribution in [1.29, 1.82) is 0 Å². The zero-order chi connectivity index (χ0) is 20.2. The van der Waals surface area contributed by atoms with Crippen molar-refractivity contribution >= 4 is 44.8 Å². The second kappa shape index (κ2) is 8.88. The van der Waals surface area contributed by atoms with Gasteiger partial charge in [-0.25, -0.2) is 12.8 Å². The molecule has 0 aromatic heterocycles. The van der Waals surface area contributed by atoms with Crippen LogP contribution in [0.5, 0.6) is 5.75 Å². The molecule has 0 radical (unpaired) electrons. The molecule has 6 nitrogen and oxygen atoms in total. The molecule has 0 spiro atoms. The van der Waals surface area contributed by atoms with E-state index in [2.05, 4.69) is 5.32 Å². The molecule has 2 aromatic rings. The first-order valence-electron chi connectivity index (χ1n) is 7.77. The summed E-state index contributed by atoms with van der Waals surface area (Å²) in [5.41, 5.74) is 0.256. The molecule has 2 rings (SSSR count). The second-order valence-electron chi connectivity index (χ2n) is 5.40. The number of rotatable bonds is 7. The van der Waals surface area contributed by atoms with Crippen molar-refractivity contribution in [2.24, 2.45) is 0 Å². The van der Waals surface area contributed by atoms with Crippen LogP contribution in [0.2, 0.25) is 10.0 Å². The summed E-state index contributed by atoms with van der Waals surface area (Å²) >= 11 is 11.9. The van der Waals surface area contributed by atoms with Gasteiger partial charge in [0.05, 0.1) is 24.4 Å². The second-order valence-corrected chi connectivity index (χ2v) is 8.15. The molecule has 0 atom stereocenters. The summed E-state index contributed by atoms with van der Waals surface area (Å²) < 4.78 is 45.2. The number of nitrogens with zero attached hydrogens (tertiary/aromatic N) is 1. The number of anilines is 1. The van der Waals surface area contributed by atoms with E-state index in [9.17, 15) is 17.6 Å². The molecule has 0 aliphatic carbocycles. The number of carbonyl (C=O) groups excluding carboxylic acids is 1. The highest BCUT2D eigenvalue weighted by molar-refractivity contribution is 7.89. The largest absolute Gasteiger partial charge is 0.495 e. The van der Waals surface area contributed by atoms with Gasteiger partial charge in [0.2, 0.25) is 15.9 Å². The highest BCUT2D eigenvalue weighted by Gasteiger charge is 2.29. The molecule has 27 heavy (non-hydrogen) atoms. The van der Waals surface area contributed by atoms with Crippen LogP contribution in [0, 0.1) is 5.82 Å². The number of halogens is 3. The molecule has 0 unspecified atom stereocenters. The van der Waals surface area contributed by atoms with E-state index in [1.807, 2.05) is 0 Å². The Morgan fingerprint density at radius 1 is 1.22 bits per heavy atom. The number of carbonyl (C=O) groups is 1. The van der Waals surface area contributed by atoms with Crippen LogP contribution < -0.4 is 10.1 Å². The Hall–Kier alpha value is -1.87. The minimum Gasteiger partial charge on any atom is -0.495 e. The number of methoxy groups -OCH3 is 1. The zero-order valence-corrected chi connectivity index (χ0v) is 16.8. The first-order chi connectivity index (χ1) is 12.7. The lowest BCUT2D eigenvalue weighted by Crippen LogP contribution is -2.38. The van der Waals surface area contributed by atoms with Gasteiger partial charge in [0.1, 0.15) is 16.5 Å². The fraction of sp³-hybridized carbons (Fsp3) is 0.235. The highest BCUT2D eigenvalue weighted by Crippen LogP contribution is 2.28. The number of hydrogen-bond acceptors (Lipinski definition) is 4. The summed E-state index contributed by atoms with van der Waals surface area (Å²) in [6, 6.07) is 7.65. The standard InChI is InChI=1S/C17H17Cl2FN2O4S/c1-3-22(10-17(23)21-14-8-11(18)4-6-13(14)19)27(24,25)16-9-12(20)5-7-15(16)26-2/h4-9H,3,10H2,1-2H3,(H,21,23). The van der Waals surface area contributed by atoms with E-state index in [-0.39, 0.29) is 27.9 Å². The van der Waals surface area contributed by atoms with Crippen molar-refractivity contribution in [3.05, 3.63) is 52.3 Å². The third kappa shape index (κ3) is 5.10. The van der Waals surface area contributed by atoms with Crippen LogP contribution in [-0.4, -0.2) is 38.8 Å². The minimum absolute atomic E-state index is 0.0152. The molecule has 0 heterocycles. The Kier molecular flexibility index (Phi) is 7.05.